The van der Waals surface area contributed by atoms with E-state index in [4.69, 9.17) is 9.97 Å². The molecule has 0 radical (unpaired) electrons. The predicted octanol–water partition coefficient (Wildman–Crippen LogP) is 6.33. The Morgan fingerprint density at radius 2 is 1.73 bits per heavy atom. The van der Waals surface area contributed by atoms with Crippen molar-refractivity contribution in [3.63, 3.8) is 0 Å². The largest absolute Gasteiger partial charge is 0.367 e. The van der Waals surface area contributed by atoms with Crippen LogP contribution in [0.15, 0.2) is 67.0 Å². The van der Waals surface area contributed by atoms with E-state index in [0.717, 1.165) is 52.5 Å². The Morgan fingerprint density at radius 1 is 0.946 bits per heavy atom. The van der Waals surface area contributed by atoms with E-state index < -0.39 is 0 Å². The van der Waals surface area contributed by atoms with Gasteiger partial charge in [-0.3, -0.25) is 9.20 Å². The Bertz CT molecular complexity index is 1350. The number of rotatable bonds is 11. The first kappa shape index (κ1) is 23.9. The van der Waals surface area contributed by atoms with Gasteiger partial charge >= 0.3 is 0 Å². The van der Waals surface area contributed by atoms with Crippen molar-refractivity contribution in [1.29, 1.82) is 0 Å². The summed E-state index contributed by atoms with van der Waals surface area (Å²) in [5.74, 6) is 1.66. The molecule has 3 heterocycles. The van der Waals surface area contributed by atoms with Gasteiger partial charge in [0.15, 0.2) is 17.2 Å². The molecule has 6 rings (SSSR count). The molecule has 0 spiro atoms. The molecule has 1 aliphatic heterocycles. The van der Waals surface area contributed by atoms with Crippen LogP contribution in [0.1, 0.15) is 55.3 Å². The number of nitrogens with one attached hydrogen (secondary N) is 1. The topological polar surface area (TPSA) is 62.5 Å². The third kappa shape index (κ3) is 5.59. The van der Waals surface area contributed by atoms with Crippen LogP contribution in [0.4, 0.5) is 5.82 Å². The number of hydrogen-bond donors (Lipinski definition) is 1. The molecule has 4 aromatic rings. The maximum atomic E-state index is 12.5. The van der Waals surface area contributed by atoms with Gasteiger partial charge in [-0.25, -0.2) is 9.97 Å². The summed E-state index contributed by atoms with van der Waals surface area (Å²) in [5, 5.41) is 3.58. The average molecular weight is 494 g/mol. The van der Waals surface area contributed by atoms with Crippen molar-refractivity contribution >= 4 is 17.2 Å². The molecule has 2 aromatic heterocycles. The van der Waals surface area contributed by atoms with Crippen LogP contribution < -0.4 is 5.32 Å². The number of likely N-dealkylation sites (tertiary alicyclic amines) is 1. The zero-order valence-corrected chi connectivity index (χ0v) is 21.4. The van der Waals surface area contributed by atoms with E-state index in [9.17, 15) is 4.79 Å². The van der Waals surface area contributed by atoms with E-state index in [-0.39, 0.29) is 5.78 Å². The van der Waals surface area contributed by atoms with Gasteiger partial charge in [0.25, 0.3) is 0 Å². The summed E-state index contributed by atoms with van der Waals surface area (Å²) >= 11 is 0. The Morgan fingerprint density at radius 3 is 2.49 bits per heavy atom. The number of carbonyl (C=O) groups is 1. The lowest BCUT2D eigenvalue weighted by Crippen LogP contribution is -2.21. The predicted molar refractivity (Wildman–Crippen MR) is 149 cm³/mol. The van der Waals surface area contributed by atoms with Gasteiger partial charge in [0.1, 0.15) is 0 Å². The van der Waals surface area contributed by atoms with Gasteiger partial charge in [0, 0.05) is 35.9 Å². The minimum absolute atomic E-state index is 0.249. The van der Waals surface area contributed by atoms with Gasteiger partial charge in [-0.1, -0.05) is 54.6 Å². The van der Waals surface area contributed by atoms with Crippen molar-refractivity contribution in [2.75, 3.05) is 31.5 Å². The number of fused-ring (bicyclic) bond motifs is 1. The number of nitrogens with zero attached hydrogens (tertiary/aromatic N) is 4. The first-order chi connectivity index (χ1) is 18.2. The number of Topliss-reactive ketones (excluding diaryl/α,β-unsaturated/α-hetero) is 1. The molecule has 0 amide bonds. The molecule has 0 unspecified atom stereocenters. The van der Waals surface area contributed by atoms with Crippen LogP contribution in [-0.2, 0) is 0 Å². The van der Waals surface area contributed by atoms with E-state index >= 15 is 0 Å². The molecule has 0 bridgehead atoms. The Labute approximate surface area is 218 Å². The fourth-order valence-corrected chi connectivity index (χ4v) is 5.27. The summed E-state index contributed by atoms with van der Waals surface area (Å²) < 4.78 is 2.13. The molecular weight excluding hydrogens is 458 g/mol. The summed E-state index contributed by atoms with van der Waals surface area (Å²) in [7, 11) is 0. The van der Waals surface area contributed by atoms with Gasteiger partial charge in [-0.05, 0) is 64.1 Å². The Hall–Kier alpha value is -3.51. The molecule has 6 heteroatoms. The number of carbonyl (C=O) groups excluding carboxylic acids is 1. The molecule has 0 atom stereocenters. The first-order valence-corrected chi connectivity index (χ1v) is 13.8. The second-order valence-electron chi connectivity index (χ2n) is 10.5. The quantitative estimate of drug-likeness (QED) is 0.195. The minimum atomic E-state index is 0.249. The lowest BCUT2D eigenvalue weighted by atomic mass is 10.0. The van der Waals surface area contributed by atoms with Crippen molar-refractivity contribution in [3.05, 3.63) is 72.6 Å². The van der Waals surface area contributed by atoms with E-state index in [2.05, 4.69) is 32.9 Å². The highest BCUT2D eigenvalue weighted by Crippen LogP contribution is 2.34. The molecule has 6 nitrogen and oxygen atoms in total. The Kier molecular flexibility index (Phi) is 7.00. The van der Waals surface area contributed by atoms with Crippen molar-refractivity contribution in [3.8, 4) is 22.5 Å². The lowest BCUT2D eigenvalue weighted by Gasteiger charge is -2.14. The van der Waals surface area contributed by atoms with Gasteiger partial charge < -0.3 is 10.2 Å². The minimum Gasteiger partial charge on any atom is -0.367 e. The van der Waals surface area contributed by atoms with Crippen molar-refractivity contribution < 1.29 is 4.79 Å². The standard InChI is InChI=1S/C31H35N5O/c37-29(20-23-10-11-23)26-14-12-25(13-15-26)28-21-33-31-30(32-16-4-5-17-35-18-6-7-19-35)34-27(22-36(28)31)24-8-2-1-3-9-24/h1-3,8-9,12-15,21-23H,4-7,10-11,16-20H2,(H,32,34). The van der Waals surface area contributed by atoms with E-state index in [1.807, 2.05) is 48.7 Å². The fraction of sp³-hybridized carbons (Fsp3) is 0.387. The maximum absolute atomic E-state index is 12.5. The van der Waals surface area contributed by atoms with Crippen LogP contribution in [0.5, 0.6) is 0 Å². The molecule has 37 heavy (non-hydrogen) atoms. The second kappa shape index (κ2) is 10.9. The number of unbranched alkanes of at least 4 members (excludes halogenated alkanes) is 1. The molecular formula is C31H35N5O. The number of ketones is 1. The van der Waals surface area contributed by atoms with E-state index in [1.165, 1.54) is 51.7 Å². The number of hydrogen-bond acceptors (Lipinski definition) is 5. The van der Waals surface area contributed by atoms with Gasteiger partial charge in [-0.2, -0.15) is 0 Å². The van der Waals surface area contributed by atoms with Crippen LogP contribution in [0, 0.1) is 5.92 Å². The fourth-order valence-electron chi connectivity index (χ4n) is 5.27. The summed E-state index contributed by atoms with van der Waals surface area (Å²) in [6.45, 7) is 4.55. The molecule has 190 valence electrons. The average Bonchev–Trinajstić information content (AvgIpc) is 3.41. The van der Waals surface area contributed by atoms with Crippen molar-refractivity contribution in [2.45, 2.75) is 44.9 Å². The van der Waals surface area contributed by atoms with Crippen molar-refractivity contribution in [1.82, 2.24) is 19.3 Å². The molecule has 1 saturated heterocycles. The zero-order chi connectivity index (χ0) is 25.0. The Balaban J connectivity index is 1.25. The molecule has 1 aliphatic carbocycles. The summed E-state index contributed by atoms with van der Waals surface area (Å²) in [5.41, 5.74) is 5.63. The lowest BCUT2D eigenvalue weighted by molar-refractivity contribution is 0.0976. The monoisotopic (exact) mass is 493 g/mol. The third-order valence-electron chi connectivity index (χ3n) is 7.63. The molecule has 1 saturated carbocycles. The van der Waals surface area contributed by atoms with Crippen LogP contribution >= 0.6 is 0 Å². The maximum Gasteiger partial charge on any atom is 0.180 e. The summed E-state index contributed by atoms with van der Waals surface area (Å²) in [6.07, 6.45) is 12.0. The number of anilines is 1. The number of benzene rings is 2. The van der Waals surface area contributed by atoms with E-state index in [0.29, 0.717) is 12.3 Å². The molecule has 2 aliphatic rings. The highest BCUT2D eigenvalue weighted by Gasteiger charge is 2.25. The smallest absolute Gasteiger partial charge is 0.180 e. The van der Waals surface area contributed by atoms with Crippen LogP contribution in [0.2, 0.25) is 0 Å². The first-order valence-electron chi connectivity index (χ1n) is 13.8. The van der Waals surface area contributed by atoms with Crippen LogP contribution in [0.25, 0.3) is 28.2 Å². The van der Waals surface area contributed by atoms with Gasteiger partial charge in [-0.15, -0.1) is 0 Å². The second-order valence-corrected chi connectivity index (χ2v) is 10.5. The van der Waals surface area contributed by atoms with Crippen LogP contribution in [0.3, 0.4) is 0 Å². The number of aromatic nitrogens is 3. The number of imidazole rings is 1. The third-order valence-corrected chi connectivity index (χ3v) is 7.63. The van der Waals surface area contributed by atoms with Gasteiger partial charge in [0.05, 0.1) is 17.6 Å². The van der Waals surface area contributed by atoms with Crippen molar-refractivity contribution in [2.24, 2.45) is 5.92 Å². The molecule has 2 aromatic carbocycles. The molecule has 2 fully saturated rings. The van der Waals surface area contributed by atoms with Crippen LogP contribution in [-0.4, -0.2) is 51.2 Å². The SMILES string of the molecule is O=C(CC1CC1)c1ccc(-c2cnc3c(NCCCCN4CCCC4)nc(-c4ccccc4)cn23)cc1. The highest BCUT2D eigenvalue weighted by molar-refractivity contribution is 5.96. The summed E-state index contributed by atoms with van der Waals surface area (Å²) in [4.78, 5) is 24.8. The molecule has 1 N–H and O–H groups in total. The summed E-state index contributed by atoms with van der Waals surface area (Å²) in [6, 6.07) is 18.3. The normalized spacial score (nSPS) is 15.9. The highest BCUT2D eigenvalue weighted by atomic mass is 16.1. The zero-order valence-electron chi connectivity index (χ0n) is 21.4. The van der Waals surface area contributed by atoms with E-state index in [1.54, 1.807) is 0 Å². The van der Waals surface area contributed by atoms with Gasteiger partial charge in [0.2, 0.25) is 0 Å².